The molecule has 1 rings (SSSR count). The number of hydrogen-bond donors (Lipinski definition) is 1. The van der Waals surface area contributed by atoms with E-state index in [1.807, 2.05) is 0 Å². The van der Waals surface area contributed by atoms with Gasteiger partial charge in [-0.15, -0.1) is 0 Å². The Morgan fingerprint density at radius 3 is 2.06 bits per heavy atom. The van der Waals surface area contributed by atoms with E-state index in [0.717, 1.165) is 6.07 Å². The lowest BCUT2D eigenvalue weighted by atomic mass is 10.2. The average molecular weight is 464 g/mol. The van der Waals surface area contributed by atoms with E-state index in [-0.39, 0.29) is 7.14 Å². The smallest absolute Gasteiger partial charge is 0.337 e. The monoisotopic (exact) mass is 464 g/mol. The van der Waals surface area contributed by atoms with Crippen LogP contribution in [0.25, 0.3) is 0 Å². The normalized spacial score (nSPS) is 10.0. The average Bonchev–Trinajstić information content (AvgIpc) is 2.15. The molecule has 0 aliphatic rings. The number of rotatable bonds is 3. The first-order valence-electron chi connectivity index (χ1n) is 3.81. The highest BCUT2D eigenvalue weighted by atomic mass is 127. The van der Waals surface area contributed by atoms with E-state index in [0.29, 0.717) is 0 Å². The van der Waals surface area contributed by atoms with Crippen LogP contribution in [0.5, 0.6) is 0 Å². The maximum absolute atomic E-state index is 10.8. The summed E-state index contributed by atoms with van der Waals surface area (Å²) in [4.78, 5) is 30.6. The second-order valence-electron chi connectivity index (χ2n) is 2.74. The van der Waals surface area contributed by atoms with Gasteiger partial charge in [0.25, 0.3) is 5.69 Å². The maximum atomic E-state index is 10.8. The van der Waals surface area contributed by atoms with Crippen LogP contribution < -0.4 is 0 Å². The number of carboxylic acid groups (broad SMARTS) is 1. The molecule has 0 aromatic heterocycles. The highest BCUT2D eigenvalue weighted by molar-refractivity contribution is 14.1. The van der Waals surface area contributed by atoms with Crippen molar-refractivity contribution in [2.75, 3.05) is 0 Å². The van der Waals surface area contributed by atoms with Gasteiger partial charge in [-0.05, 0) is 45.2 Å². The van der Waals surface area contributed by atoms with Crippen molar-refractivity contribution in [2.45, 2.75) is 0 Å². The Labute approximate surface area is 121 Å². The summed E-state index contributed by atoms with van der Waals surface area (Å²) in [6.45, 7) is 0. The Hall–Kier alpha value is -1.05. The zero-order chi connectivity index (χ0) is 13.3. The molecular weight excluding hydrogens is 462 g/mol. The lowest BCUT2D eigenvalue weighted by Gasteiger charge is -2.03. The van der Waals surface area contributed by atoms with Crippen LogP contribution in [0.15, 0.2) is 6.07 Å². The van der Waals surface area contributed by atoms with Crippen molar-refractivity contribution < 1.29 is 19.7 Å². The highest BCUT2D eigenvalue weighted by Crippen LogP contribution is 2.36. The quantitative estimate of drug-likeness (QED) is 0.417. The van der Waals surface area contributed by atoms with Gasteiger partial charge in [0, 0.05) is 6.07 Å². The third kappa shape index (κ3) is 2.62. The van der Waals surface area contributed by atoms with Gasteiger partial charge in [-0.25, -0.2) is 4.79 Å². The molecular formula is C7H2I2N2O6. The first-order chi connectivity index (χ1) is 7.77. The van der Waals surface area contributed by atoms with Crippen molar-refractivity contribution in [3.05, 3.63) is 39.0 Å². The number of halogens is 2. The van der Waals surface area contributed by atoms with Crippen molar-refractivity contribution in [3.8, 4) is 0 Å². The number of carbonyl (C=O) groups is 1. The van der Waals surface area contributed by atoms with Gasteiger partial charge in [-0.2, -0.15) is 0 Å². The summed E-state index contributed by atoms with van der Waals surface area (Å²) in [5.41, 5.74) is -1.60. The molecule has 0 amide bonds. The summed E-state index contributed by atoms with van der Waals surface area (Å²) in [5, 5.41) is 30.3. The molecule has 10 heteroatoms. The molecule has 0 saturated heterocycles. The van der Waals surface area contributed by atoms with E-state index in [4.69, 9.17) is 5.11 Å². The van der Waals surface area contributed by atoms with Crippen LogP contribution in [0, 0.1) is 27.4 Å². The van der Waals surface area contributed by atoms with Crippen LogP contribution in [0.2, 0.25) is 0 Å². The molecule has 0 radical (unpaired) electrons. The lowest BCUT2D eigenvalue weighted by Crippen LogP contribution is -2.07. The second-order valence-corrected chi connectivity index (χ2v) is 4.90. The molecule has 17 heavy (non-hydrogen) atoms. The molecule has 1 aromatic rings. The zero-order valence-corrected chi connectivity index (χ0v) is 12.0. The van der Waals surface area contributed by atoms with E-state index >= 15 is 0 Å². The largest absolute Gasteiger partial charge is 0.478 e. The number of carboxylic acids is 1. The minimum Gasteiger partial charge on any atom is -0.478 e. The van der Waals surface area contributed by atoms with Gasteiger partial charge in [-0.1, -0.05) is 0 Å². The first kappa shape index (κ1) is 14.0. The minimum atomic E-state index is -1.45. The summed E-state index contributed by atoms with van der Waals surface area (Å²) in [6, 6.07) is 0.818. The summed E-state index contributed by atoms with van der Waals surface area (Å²) in [5.74, 6) is -1.45. The predicted octanol–water partition coefficient (Wildman–Crippen LogP) is 2.41. The van der Waals surface area contributed by atoms with Crippen molar-refractivity contribution in [2.24, 2.45) is 0 Å². The highest BCUT2D eigenvalue weighted by Gasteiger charge is 2.31. The molecule has 0 heterocycles. The molecule has 90 valence electrons. The van der Waals surface area contributed by atoms with Crippen molar-refractivity contribution in [3.63, 3.8) is 0 Å². The van der Waals surface area contributed by atoms with Gasteiger partial charge in [-0.3, -0.25) is 20.2 Å². The molecule has 0 aliphatic carbocycles. The molecule has 0 spiro atoms. The van der Waals surface area contributed by atoms with Crippen LogP contribution in [0.1, 0.15) is 10.4 Å². The van der Waals surface area contributed by atoms with E-state index in [9.17, 15) is 25.0 Å². The van der Waals surface area contributed by atoms with Gasteiger partial charge in [0.2, 0.25) is 0 Å². The molecule has 0 saturated carbocycles. The van der Waals surface area contributed by atoms with Crippen LogP contribution in [0.4, 0.5) is 11.4 Å². The molecule has 0 aliphatic heterocycles. The van der Waals surface area contributed by atoms with E-state index in [1.165, 1.54) is 45.2 Å². The van der Waals surface area contributed by atoms with Gasteiger partial charge in [0.05, 0.1) is 15.4 Å². The van der Waals surface area contributed by atoms with E-state index in [1.54, 1.807) is 0 Å². The van der Waals surface area contributed by atoms with E-state index in [2.05, 4.69) is 0 Å². The molecule has 1 N–H and O–H groups in total. The molecule has 8 nitrogen and oxygen atoms in total. The van der Waals surface area contributed by atoms with Crippen molar-refractivity contribution in [1.29, 1.82) is 0 Å². The van der Waals surface area contributed by atoms with Crippen LogP contribution in [-0.2, 0) is 0 Å². The molecule has 0 bridgehead atoms. The van der Waals surface area contributed by atoms with E-state index < -0.39 is 32.8 Å². The Kier molecular flexibility index (Phi) is 4.18. The standard InChI is InChI=1S/C7H2I2N2O6/c8-4-2(7(12)13)1-3(10(14)15)5(9)6(4)11(16)17/h1H,(H,12,13). The van der Waals surface area contributed by atoms with Gasteiger partial charge < -0.3 is 5.11 Å². The Balaban J connectivity index is 3.76. The van der Waals surface area contributed by atoms with Crippen LogP contribution in [0.3, 0.4) is 0 Å². The third-order valence-corrected chi connectivity index (χ3v) is 3.92. The predicted molar refractivity (Wildman–Crippen MR) is 72.1 cm³/mol. The second kappa shape index (κ2) is 5.07. The fourth-order valence-electron chi connectivity index (χ4n) is 1.06. The van der Waals surface area contributed by atoms with Gasteiger partial charge in [0.1, 0.15) is 3.57 Å². The molecule has 0 fully saturated rings. The number of benzene rings is 1. The molecule has 0 unspecified atom stereocenters. The van der Waals surface area contributed by atoms with Crippen LogP contribution >= 0.6 is 45.2 Å². The maximum Gasteiger partial charge on any atom is 0.337 e. The summed E-state index contributed by atoms with van der Waals surface area (Å²) in [7, 11) is 0. The molecule has 0 atom stereocenters. The summed E-state index contributed by atoms with van der Waals surface area (Å²) >= 11 is 2.94. The Morgan fingerprint density at radius 2 is 1.71 bits per heavy atom. The lowest BCUT2D eigenvalue weighted by molar-refractivity contribution is -0.396. The number of nitro benzene ring substituents is 2. The number of aromatic carboxylic acids is 1. The fraction of sp³-hybridized carbons (Fsp3) is 0. The number of nitrogens with zero attached hydrogens (tertiary/aromatic N) is 2. The topological polar surface area (TPSA) is 124 Å². The van der Waals surface area contributed by atoms with Gasteiger partial charge in [0.15, 0.2) is 3.57 Å². The Bertz CT molecular complexity index is 505. The first-order valence-corrected chi connectivity index (χ1v) is 5.97. The number of hydrogen-bond acceptors (Lipinski definition) is 5. The van der Waals surface area contributed by atoms with Crippen LogP contribution in [-0.4, -0.2) is 20.9 Å². The van der Waals surface area contributed by atoms with Crippen molar-refractivity contribution in [1.82, 2.24) is 0 Å². The summed E-state index contributed by atoms with van der Waals surface area (Å²) < 4.78 is -0.317. The van der Waals surface area contributed by atoms with Crippen molar-refractivity contribution >= 4 is 62.5 Å². The third-order valence-electron chi connectivity index (χ3n) is 1.77. The number of nitro groups is 2. The summed E-state index contributed by atoms with van der Waals surface area (Å²) in [6.07, 6.45) is 0. The zero-order valence-electron chi connectivity index (χ0n) is 7.72. The minimum absolute atomic E-state index is 0.130. The van der Waals surface area contributed by atoms with Gasteiger partial charge >= 0.3 is 11.7 Å². The SMILES string of the molecule is O=C(O)c1cc([N+](=O)[O-])c(I)c([N+](=O)[O-])c1I. The molecule has 1 aromatic carbocycles. The fourth-order valence-corrected chi connectivity index (χ4v) is 3.25. The Morgan fingerprint density at radius 1 is 1.18 bits per heavy atom.